The lowest BCUT2D eigenvalue weighted by Gasteiger charge is -2.43. The van der Waals surface area contributed by atoms with Crippen LogP contribution in [0.1, 0.15) is 61.4 Å². The van der Waals surface area contributed by atoms with Crippen molar-refractivity contribution in [2.45, 2.75) is 70.6 Å². The van der Waals surface area contributed by atoms with Crippen LogP contribution in [0.2, 0.25) is 5.02 Å². The lowest BCUT2D eigenvalue weighted by atomic mass is 9.98. The number of likely N-dealkylation sites (tertiary alicyclic amines) is 1. The van der Waals surface area contributed by atoms with Crippen molar-refractivity contribution < 1.29 is 19.7 Å². The molecule has 0 spiro atoms. The molecule has 73 heavy (non-hydrogen) atoms. The summed E-state index contributed by atoms with van der Waals surface area (Å²) in [6.45, 7) is 18.4. The van der Waals surface area contributed by atoms with Crippen LogP contribution in [-0.2, 0) is 24.3 Å². The standard InChI is InChI=1S/C55H63ClN12O5/c1-4-50(71)67-28-27-66(34-41(67)15-19-57)52-42-18-22-65(47-10-6-8-38-7-5-9-45(56)51(38)47)35-46(42)58-54(59-52)73-30-29-62-20-16-39(17-21-62)64-25-23-63(24-26-64)33-37-11-13-40(14-12-37)68-53(60-61-55(68)72)44-31-43(36(2)3)48(69)32-49(44)70/h4-14,31-32,36,39,41,69-70H,1,15-18,20-30,33-35H2,2-3H3,(H,61,72). The maximum atomic E-state index is 13.0. The van der Waals surface area contributed by atoms with E-state index in [1.165, 1.54) is 16.7 Å². The zero-order valence-electron chi connectivity index (χ0n) is 41.6. The van der Waals surface area contributed by atoms with Gasteiger partial charge in [-0.15, -0.1) is 0 Å². The van der Waals surface area contributed by atoms with Gasteiger partial charge in [0.1, 0.15) is 23.9 Å². The van der Waals surface area contributed by atoms with Gasteiger partial charge in [-0.05, 0) is 91.2 Å². The zero-order chi connectivity index (χ0) is 50.8. The van der Waals surface area contributed by atoms with Crippen LogP contribution in [0, 0.1) is 11.3 Å². The summed E-state index contributed by atoms with van der Waals surface area (Å²) in [7, 11) is 0. The summed E-state index contributed by atoms with van der Waals surface area (Å²) in [5.74, 6) is 0.779. The molecule has 2 aromatic heterocycles. The first kappa shape index (κ1) is 49.6. The van der Waals surface area contributed by atoms with Gasteiger partial charge in [0.25, 0.3) is 0 Å². The number of amides is 1. The molecule has 17 nitrogen and oxygen atoms in total. The molecule has 0 saturated carbocycles. The molecule has 10 rings (SSSR count). The zero-order valence-corrected chi connectivity index (χ0v) is 42.3. The molecule has 380 valence electrons. The third-order valence-corrected chi connectivity index (χ3v) is 15.5. The average Bonchev–Trinajstić information content (AvgIpc) is 3.79. The number of nitrogens with one attached hydrogen (secondary N) is 1. The smallest absolute Gasteiger partial charge is 0.348 e. The van der Waals surface area contributed by atoms with Crippen molar-refractivity contribution >= 4 is 39.8 Å². The number of fused-ring (bicyclic) bond motifs is 2. The molecule has 4 aliphatic rings. The Morgan fingerprint density at radius 3 is 2.44 bits per heavy atom. The summed E-state index contributed by atoms with van der Waals surface area (Å²) in [6.07, 6.45) is 4.44. The van der Waals surface area contributed by atoms with Crippen molar-refractivity contribution in [1.29, 1.82) is 5.26 Å². The van der Waals surface area contributed by atoms with Gasteiger partial charge in [0, 0.05) is 94.2 Å². The van der Waals surface area contributed by atoms with Crippen molar-refractivity contribution in [2.24, 2.45) is 0 Å². The third-order valence-electron chi connectivity index (χ3n) is 15.2. The second kappa shape index (κ2) is 21.6. The van der Waals surface area contributed by atoms with E-state index in [0.717, 1.165) is 111 Å². The maximum Gasteiger partial charge on any atom is 0.348 e. The van der Waals surface area contributed by atoms with Crippen molar-refractivity contribution in [3.05, 3.63) is 123 Å². The number of rotatable bonds is 14. The predicted octanol–water partition coefficient (Wildman–Crippen LogP) is 6.70. The number of anilines is 2. The molecule has 6 heterocycles. The number of piperazine rings is 2. The molecule has 3 N–H and O–H groups in total. The van der Waals surface area contributed by atoms with Gasteiger partial charge in [0.15, 0.2) is 5.82 Å². The Balaban J connectivity index is 0.740. The summed E-state index contributed by atoms with van der Waals surface area (Å²) < 4.78 is 7.90. The Hall–Kier alpha value is -6.97. The van der Waals surface area contributed by atoms with Gasteiger partial charge in [0.05, 0.1) is 47.0 Å². The lowest BCUT2D eigenvalue weighted by Crippen LogP contribution is -2.55. The molecule has 0 radical (unpaired) electrons. The number of halogens is 1. The first-order valence-corrected chi connectivity index (χ1v) is 25.9. The van der Waals surface area contributed by atoms with Crippen molar-refractivity contribution in [2.75, 3.05) is 88.4 Å². The van der Waals surface area contributed by atoms with Crippen LogP contribution in [0.3, 0.4) is 0 Å². The summed E-state index contributed by atoms with van der Waals surface area (Å²) in [5, 5.41) is 40.4. The molecule has 1 unspecified atom stereocenters. The number of aromatic amines is 1. The maximum absolute atomic E-state index is 13.0. The fraction of sp³-hybridized carbons (Fsp3) is 0.418. The van der Waals surface area contributed by atoms with E-state index in [9.17, 15) is 25.1 Å². The lowest BCUT2D eigenvalue weighted by molar-refractivity contribution is -0.128. The largest absolute Gasteiger partial charge is 0.508 e. The number of piperidine rings is 1. The molecular formula is C55H63ClN12O5. The normalized spacial score (nSPS) is 18.3. The van der Waals surface area contributed by atoms with Crippen LogP contribution in [0.4, 0.5) is 11.5 Å². The topological polar surface area (TPSA) is 186 Å². The van der Waals surface area contributed by atoms with Crippen LogP contribution < -0.4 is 20.2 Å². The van der Waals surface area contributed by atoms with Gasteiger partial charge >= 0.3 is 11.7 Å². The average molecular weight is 1010 g/mol. The number of phenols is 2. The number of nitrogens with zero attached hydrogens (tertiary/aromatic N) is 11. The molecular weight excluding hydrogens is 944 g/mol. The first-order valence-electron chi connectivity index (χ1n) is 25.5. The number of H-pyrrole nitrogens is 1. The van der Waals surface area contributed by atoms with E-state index < -0.39 is 5.69 Å². The van der Waals surface area contributed by atoms with Crippen LogP contribution in [0.15, 0.2) is 90.2 Å². The number of hydrogen-bond donors (Lipinski definition) is 3. The second-order valence-electron chi connectivity index (χ2n) is 19.9. The highest BCUT2D eigenvalue weighted by molar-refractivity contribution is 6.36. The van der Waals surface area contributed by atoms with E-state index >= 15 is 0 Å². The number of carbonyl (C=O) groups excluding carboxylic acids is 1. The minimum Gasteiger partial charge on any atom is -0.508 e. The molecule has 3 saturated heterocycles. The highest BCUT2D eigenvalue weighted by Gasteiger charge is 2.34. The summed E-state index contributed by atoms with van der Waals surface area (Å²) in [4.78, 5) is 49.8. The highest BCUT2D eigenvalue weighted by Crippen LogP contribution is 2.39. The number of aromatic hydroxyl groups is 2. The number of aromatic nitrogens is 5. The molecule has 4 aliphatic heterocycles. The molecule has 6 aromatic rings. The Bertz CT molecular complexity index is 3080. The van der Waals surface area contributed by atoms with E-state index in [0.29, 0.717) is 73.1 Å². The molecule has 3 fully saturated rings. The molecule has 18 heteroatoms. The van der Waals surface area contributed by atoms with Crippen molar-refractivity contribution in [3.63, 3.8) is 0 Å². The van der Waals surface area contributed by atoms with E-state index in [-0.39, 0.29) is 41.6 Å². The summed E-state index contributed by atoms with van der Waals surface area (Å²) >= 11 is 6.80. The van der Waals surface area contributed by atoms with Gasteiger partial charge in [-0.1, -0.05) is 68.4 Å². The number of hydrogen-bond acceptors (Lipinski definition) is 14. The Morgan fingerprint density at radius 2 is 1.70 bits per heavy atom. The number of ether oxygens (including phenoxy) is 1. The quantitative estimate of drug-likeness (QED) is 0.0979. The van der Waals surface area contributed by atoms with Crippen molar-refractivity contribution in [1.82, 2.24) is 44.3 Å². The summed E-state index contributed by atoms with van der Waals surface area (Å²) in [6, 6.07) is 26.0. The van der Waals surface area contributed by atoms with E-state index in [1.54, 1.807) is 11.0 Å². The highest BCUT2D eigenvalue weighted by atomic mass is 35.5. The van der Waals surface area contributed by atoms with Gasteiger partial charge in [-0.3, -0.25) is 19.5 Å². The molecule has 4 aromatic carbocycles. The van der Waals surface area contributed by atoms with Crippen LogP contribution in [-0.4, -0.2) is 151 Å². The number of carbonyl (C=O) groups is 1. The predicted molar refractivity (Wildman–Crippen MR) is 283 cm³/mol. The number of phenolic OH excluding ortho intramolecular Hbond substituents is 2. The second-order valence-corrected chi connectivity index (χ2v) is 20.3. The Labute approximate surface area is 430 Å². The van der Waals surface area contributed by atoms with E-state index in [1.807, 2.05) is 50.2 Å². The number of benzene rings is 4. The minimum absolute atomic E-state index is 0.00173. The first-order chi connectivity index (χ1) is 35.5. The minimum atomic E-state index is -0.415. The van der Waals surface area contributed by atoms with E-state index in [2.05, 4.69) is 71.6 Å². The van der Waals surface area contributed by atoms with E-state index in [4.69, 9.17) is 26.3 Å². The Kier molecular flexibility index (Phi) is 14.7. The SMILES string of the molecule is C=CC(=O)N1CCN(c2nc(OCCN3CCC(N4CCN(Cc5ccc(-n6c(-c7cc(C(C)C)c(O)cc7O)n[nH]c6=O)cc5)CC4)CC3)nc3c2CCN(c2cccc4cccc(Cl)c24)C3)CC1CC#N. The Morgan fingerprint density at radius 1 is 0.932 bits per heavy atom. The number of nitriles is 1. The van der Waals surface area contributed by atoms with Gasteiger partial charge in [-0.25, -0.2) is 14.5 Å². The van der Waals surface area contributed by atoms with Crippen LogP contribution in [0.5, 0.6) is 17.5 Å². The molecule has 1 atom stereocenters. The fourth-order valence-electron chi connectivity index (χ4n) is 11.2. The molecule has 0 bridgehead atoms. The van der Waals surface area contributed by atoms with Crippen LogP contribution >= 0.6 is 11.6 Å². The molecule has 0 aliphatic carbocycles. The van der Waals surface area contributed by atoms with Gasteiger partial charge < -0.3 is 29.6 Å². The summed E-state index contributed by atoms with van der Waals surface area (Å²) in [5.41, 5.74) is 5.43. The van der Waals surface area contributed by atoms with Gasteiger partial charge in [-0.2, -0.15) is 20.3 Å². The third kappa shape index (κ3) is 10.5. The van der Waals surface area contributed by atoms with Crippen LogP contribution in [0.25, 0.3) is 27.8 Å². The monoisotopic (exact) mass is 1010 g/mol. The van der Waals surface area contributed by atoms with Gasteiger partial charge in [0.2, 0.25) is 5.91 Å². The fourth-order valence-corrected chi connectivity index (χ4v) is 11.5. The molecule has 1 amide bonds. The van der Waals surface area contributed by atoms with Crippen molar-refractivity contribution in [3.8, 4) is 40.7 Å².